The summed E-state index contributed by atoms with van der Waals surface area (Å²) in [5, 5.41) is 10.9. The van der Waals surface area contributed by atoms with Crippen LogP contribution < -0.4 is 0 Å². The highest BCUT2D eigenvalue weighted by molar-refractivity contribution is 7.99. The average Bonchev–Trinajstić information content (AvgIpc) is 3.19. The van der Waals surface area contributed by atoms with Gasteiger partial charge in [0.2, 0.25) is 0 Å². The fourth-order valence-corrected chi connectivity index (χ4v) is 3.83. The highest BCUT2D eigenvalue weighted by Gasteiger charge is 2.14. The van der Waals surface area contributed by atoms with Crippen molar-refractivity contribution in [1.29, 1.82) is 0 Å². The second kappa shape index (κ2) is 7.23. The molecule has 1 unspecified atom stereocenters. The van der Waals surface area contributed by atoms with E-state index in [4.69, 9.17) is 0 Å². The minimum absolute atomic E-state index is 0.0465. The molecular formula is C16H15F2N3S2. The molecule has 0 fully saturated rings. The Morgan fingerprint density at radius 3 is 2.87 bits per heavy atom. The summed E-state index contributed by atoms with van der Waals surface area (Å²) in [6.07, 6.45) is 2.62. The molecule has 0 bridgehead atoms. The van der Waals surface area contributed by atoms with Crippen LogP contribution in [0.3, 0.4) is 0 Å². The standard InChI is InChI=1S/C16H15F2N3S2/c1-11(12-4-5-14(17)15(18)9-12)23-16-20-19-10-21(16)7-6-13-3-2-8-22-13/h2-5,8-11H,6-7H2,1H3. The van der Waals surface area contributed by atoms with E-state index in [0.29, 0.717) is 0 Å². The average molecular weight is 351 g/mol. The summed E-state index contributed by atoms with van der Waals surface area (Å²) in [6.45, 7) is 2.73. The van der Waals surface area contributed by atoms with Gasteiger partial charge in [-0.25, -0.2) is 8.78 Å². The van der Waals surface area contributed by atoms with Crippen LogP contribution in [0, 0.1) is 11.6 Å². The quantitative estimate of drug-likeness (QED) is 0.602. The number of rotatable bonds is 6. The van der Waals surface area contributed by atoms with E-state index in [1.165, 1.54) is 22.7 Å². The Kier molecular flexibility index (Phi) is 5.07. The highest BCUT2D eigenvalue weighted by atomic mass is 32.2. The predicted molar refractivity (Wildman–Crippen MR) is 88.7 cm³/mol. The molecule has 2 aromatic heterocycles. The van der Waals surface area contributed by atoms with Crippen molar-refractivity contribution >= 4 is 23.1 Å². The molecule has 120 valence electrons. The van der Waals surface area contributed by atoms with Crippen molar-refractivity contribution in [2.24, 2.45) is 0 Å². The monoisotopic (exact) mass is 351 g/mol. The van der Waals surface area contributed by atoms with Crippen LogP contribution in [0.2, 0.25) is 0 Å². The van der Waals surface area contributed by atoms with Gasteiger partial charge in [-0.1, -0.05) is 23.9 Å². The zero-order valence-corrected chi connectivity index (χ0v) is 14.1. The second-order valence-electron chi connectivity index (χ2n) is 5.07. The molecule has 3 rings (SSSR count). The number of hydrogen-bond acceptors (Lipinski definition) is 4. The molecule has 3 nitrogen and oxygen atoms in total. The fraction of sp³-hybridized carbons (Fsp3) is 0.250. The van der Waals surface area contributed by atoms with Crippen LogP contribution in [0.1, 0.15) is 22.6 Å². The van der Waals surface area contributed by atoms with Gasteiger partial charge in [0.15, 0.2) is 16.8 Å². The van der Waals surface area contributed by atoms with E-state index in [0.717, 1.165) is 29.8 Å². The van der Waals surface area contributed by atoms with Crippen LogP contribution in [-0.4, -0.2) is 14.8 Å². The molecule has 1 aromatic carbocycles. The number of thiophene rings is 1. The molecule has 0 N–H and O–H groups in total. The first-order valence-electron chi connectivity index (χ1n) is 7.15. The Hall–Kier alpha value is -1.73. The smallest absolute Gasteiger partial charge is 0.191 e. The van der Waals surface area contributed by atoms with Crippen LogP contribution >= 0.6 is 23.1 Å². The second-order valence-corrected chi connectivity index (χ2v) is 7.41. The van der Waals surface area contributed by atoms with Gasteiger partial charge in [-0.05, 0) is 42.5 Å². The van der Waals surface area contributed by atoms with Gasteiger partial charge in [0.1, 0.15) is 6.33 Å². The van der Waals surface area contributed by atoms with Crippen molar-refractivity contribution in [2.75, 3.05) is 0 Å². The van der Waals surface area contributed by atoms with Crippen LogP contribution in [0.25, 0.3) is 0 Å². The molecule has 1 atom stereocenters. The Bertz CT molecular complexity index is 771. The van der Waals surface area contributed by atoms with Gasteiger partial charge in [-0.2, -0.15) is 0 Å². The minimum atomic E-state index is -0.829. The van der Waals surface area contributed by atoms with E-state index < -0.39 is 11.6 Å². The van der Waals surface area contributed by atoms with Crippen molar-refractivity contribution in [2.45, 2.75) is 30.3 Å². The zero-order chi connectivity index (χ0) is 16.2. The van der Waals surface area contributed by atoms with E-state index in [2.05, 4.69) is 21.6 Å². The molecule has 0 aliphatic carbocycles. The molecule has 2 heterocycles. The molecule has 23 heavy (non-hydrogen) atoms. The number of hydrogen-bond donors (Lipinski definition) is 0. The summed E-state index contributed by atoms with van der Waals surface area (Å²) >= 11 is 3.21. The summed E-state index contributed by atoms with van der Waals surface area (Å²) in [4.78, 5) is 1.31. The fourth-order valence-electron chi connectivity index (χ4n) is 2.17. The highest BCUT2D eigenvalue weighted by Crippen LogP contribution is 2.34. The molecule has 0 amide bonds. The van der Waals surface area contributed by atoms with Crippen molar-refractivity contribution in [3.05, 3.63) is 64.1 Å². The van der Waals surface area contributed by atoms with Crippen LogP contribution in [0.5, 0.6) is 0 Å². The molecule has 0 spiro atoms. The zero-order valence-electron chi connectivity index (χ0n) is 12.4. The van der Waals surface area contributed by atoms with Crippen molar-refractivity contribution in [3.63, 3.8) is 0 Å². The van der Waals surface area contributed by atoms with E-state index in [1.54, 1.807) is 23.7 Å². The molecule has 0 saturated carbocycles. The third-order valence-electron chi connectivity index (χ3n) is 3.45. The summed E-state index contributed by atoms with van der Waals surface area (Å²) in [5.41, 5.74) is 0.724. The number of benzene rings is 1. The number of nitrogens with zero attached hydrogens (tertiary/aromatic N) is 3. The number of halogens is 2. The molecule has 0 saturated heterocycles. The van der Waals surface area contributed by atoms with Gasteiger partial charge in [-0.15, -0.1) is 21.5 Å². The van der Waals surface area contributed by atoms with Gasteiger partial charge in [0.05, 0.1) is 0 Å². The van der Waals surface area contributed by atoms with Crippen molar-refractivity contribution in [3.8, 4) is 0 Å². The number of aryl methyl sites for hydroxylation is 2. The van der Waals surface area contributed by atoms with E-state index in [1.807, 2.05) is 17.6 Å². The Morgan fingerprint density at radius 1 is 1.26 bits per heavy atom. The Labute approximate surface area is 141 Å². The largest absolute Gasteiger partial charge is 0.308 e. The third-order valence-corrected chi connectivity index (χ3v) is 5.54. The maximum absolute atomic E-state index is 13.4. The van der Waals surface area contributed by atoms with Gasteiger partial charge in [-0.3, -0.25) is 0 Å². The Morgan fingerprint density at radius 2 is 2.13 bits per heavy atom. The lowest BCUT2D eigenvalue weighted by atomic mass is 10.1. The maximum atomic E-state index is 13.4. The number of thioether (sulfide) groups is 1. The van der Waals surface area contributed by atoms with E-state index in [9.17, 15) is 8.78 Å². The van der Waals surface area contributed by atoms with Gasteiger partial charge in [0, 0.05) is 16.7 Å². The summed E-state index contributed by atoms with van der Waals surface area (Å²) in [7, 11) is 0. The Balaban J connectivity index is 1.67. The van der Waals surface area contributed by atoms with Crippen LogP contribution in [-0.2, 0) is 13.0 Å². The van der Waals surface area contributed by atoms with Crippen LogP contribution in [0.4, 0.5) is 8.78 Å². The van der Waals surface area contributed by atoms with Crippen LogP contribution in [0.15, 0.2) is 47.2 Å². The maximum Gasteiger partial charge on any atom is 0.191 e. The minimum Gasteiger partial charge on any atom is -0.308 e. The van der Waals surface area contributed by atoms with Crippen molar-refractivity contribution in [1.82, 2.24) is 14.8 Å². The molecule has 0 aliphatic heterocycles. The SMILES string of the molecule is CC(Sc1nncn1CCc1cccs1)c1ccc(F)c(F)c1. The molecule has 0 radical (unpaired) electrons. The summed E-state index contributed by atoms with van der Waals surface area (Å²) < 4.78 is 28.4. The molecular weight excluding hydrogens is 336 g/mol. The normalized spacial score (nSPS) is 12.5. The molecule has 0 aliphatic rings. The first kappa shape index (κ1) is 16.1. The lowest BCUT2D eigenvalue weighted by molar-refractivity contribution is 0.507. The summed E-state index contributed by atoms with van der Waals surface area (Å²) in [5.74, 6) is -1.65. The topological polar surface area (TPSA) is 30.7 Å². The van der Waals surface area contributed by atoms with Gasteiger partial charge >= 0.3 is 0 Å². The third kappa shape index (κ3) is 3.97. The van der Waals surface area contributed by atoms with E-state index >= 15 is 0 Å². The lowest BCUT2D eigenvalue weighted by Gasteiger charge is -2.12. The number of aromatic nitrogens is 3. The van der Waals surface area contributed by atoms with Gasteiger partial charge in [0.25, 0.3) is 0 Å². The van der Waals surface area contributed by atoms with Crippen molar-refractivity contribution < 1.29 is 8.78 Å². The van der Waals surface area contributed by atoms with Gasteiger partial charge < -0.3 is 4.57 Å². The van der Waals surface area contributed by atoms with E-state index in [-0.39, 0.29) is 5.25 Å². The first-order chi connectivity index (χ1) is 11.1. The first-order valence-corrected chi connectivity index (χ1v) is 8.91. The molecule has 7 heteroatoms. The lowest BCUT2D eigenvalue weighted by Crippen LogP contribution is -2.02. The molecule has 3 aromatic rings. The predicted octanol–water partition coefficient (Wildman–Crippen LogP) is 4.71. The summed E-state index contributed by atoms with van der Waals surface area (Å²) in [6, 6.07) is 8.13.